The molecular weight excluding hydrogens is 342 g/mol. The van der Waals surface area contributed by atoms with Gasteiger partial charge in [0.2, 0.25) is 0 Å². The molecule has 0 radical (unpaired) electrons. The van der Waals surface area contributed by atoms with Crippen LogP contribution in [0.2, 0.25) is 0 Å². The average molecular weight is 361 g/mol. The van der Waals surface area contributed by atoms with Gasteiger partial charge in [0.1, 0.15) is 0 Å². The van der Waals surface area contributed by atoms with E-state index in [-0.39, 0.29) is 0 Å². The molecule has 1 N–H and O–H groups in total. The summed E-state index contributed by atoms with van der Waals surface area (Å²) in [5.41, 5.74) is 2.55. The van der Waals surface area contributed by atoms with Crippen LogP contribution in [0.3, 0.4) is 0 Å². The first-order valence-electron chi connectivity index (χ1n) is 5.87. The van der Waals surface area contributed by atoms with Gasteiger partial charge in [-0.05, 0) is 44.0 Å². The summed E-state index contributed by atoms with van der Waals surface area (Å²) in [6.07, 6.45) is 2.14. The highest BCUT2D eigenvalue weighted by Crippen LogP contribution is 2.29. The van der Waals surface area contributed by atoms with Crippen LogP contribution >= 0.6 is 31.9 Å². The Kier molecular flexibility index (Phi) is 6.45. The maximum absolute atomic E-state index is 3.97. The number of rotatable bonds is 6. The van der Waals surface area contributed by atoms with Crippen LogP contribution in [0.15, 0.2) is 39.3 Å². The summed E-state index contributed by atoms with van der Waals surface area (Å²) in [7, 11) is 0. The van der Waals surface area contributed by atoms with E-state index >= 15 is 0 Å². The molecule has 0 aliphatic heterocycles. The van der Waals surface area contributed by atoms with Gasteiger partial charge in [-0.25, -0.2) is 0 Å². The van der Waals surface area contributed by atoms with E-state index in [1.54, 1.807) is 0 Å². The Morgan fingerprint density at radius 2 is 2.12 bits per heavy atom. The van der Waals surface area contributed by atoms with Crippen LogP contribution in [0.4, 0.5) is 0 Å². The van der Waals surface area contributed by atoms with Gasteiger partial charge in [-0.2, -0.15) is 0 Å². The van der Waals surface area contributed by atoms with Gasteiger partial charge in [0.25, 0.3) is 0 Å². The zero-order chi connectivity index (χ0) is 12.8. The first-order valence-corrected chi connectivity index (χ1v) is 7.46. The molecule has 0 aliphatic carbocycles. The minimum Gasteiger partial charge on any atom is -0.310 e. The molecule has 94 valence electrons. The van der Waals surface area contributed by atoms with Crippen LogP contribution in [-0.2, 0) is 0 Å². The molecular formula is C14H19Br2N. The molecule has 1 unspecified atom stereocenters. The Hall–Kier alpha value is -0.120. The van der Waals surface area contributed by atoms with E-state index in [0.717, 1.165) is 28.3 Å². The van der Waals surface area contributed by atoms with Crippen LogP contribution in [0.1, 0.15) is 38.3 Å². The van der Waals surface area contributed by atoms with Crippen molar-refractivity contribution in [2.24, 2.45) is 0 Å². The van der Waals surface area contributed by atoms with Gasteiger partial charge in [0.05, 0.1) is 0 Å². The smallest absolute Gasteiger partial charge is 0.0334 e. The van der Waals surface area contributed by atoms with Crippen molar-refractivity contribution in [3.63, 3.8) is 0 Å². The molecule has 1 nitrogen and oxygen atoms in total. The SMILES string of the molecule is C=C(C)CCC(NCC)c1ccc(Br)cc1Br. The maximum atomic E-state index is 3.97. The first kappa shape index (κ1) is 14.9. The van der Waals surface area contributed by atoms with Gasteiger partial charge in [0.15, 0.2) is 0 Å². The Morgan fingerprint density at radius 1 is 1.41 bits per heavy atom. The Bertz CT molecular complexity index is 388. The first-order chi connectivity index (χ1) is 8.04. The van der Waals surface area contributed by atoms with Crippen LogP contribution < -0.4 is 5.32 Å². The summed E-state index contributed by atoms with van der Waals surface area (Å²) in [5, 5.41) is 3.53. The maximum Gasteiger partial charge on any atom is 0.0334 e. The Morgan fingerprint density at radius 3 is 2.65 bits per heavy atom. The third-order valence-corrected chi connectivity index (χ3v) is 3.83. The second-order valence-corrected chi connectivity index (χ2v) is 6.04. The van der Waals surface area contributed by atoms with Crippen molar-refractivity contribution in [3.05, 3.63) is 44.9 Å². The highest BCUT2D eigenvalue weighted by Gasteiger charge is 2.13. The summed E-state index contributed by atoms with van der Waals surface area (Å²) in [6.45, 7) is 9.17. The molecule has 1 rings (SSSR count). The lowest BCUT2D eigenvalue weighted by Crippen LogP contribution is -2.21. The van der Waals surface area contributed by atoms with Gasteiger partial charge in [-0.15, -0.1) is 6.58 Å². The average Bonchev–Trinajstić information content (AvgIpc) is 2.24. The molecule has 0 saturated heterocycles. The van der Waals surface area contributed by atoms with Crippen molar-refractivity contribution in [2.45, 2.75) is 32.7 Å². The molecule has 1 aromatic rings. The van der Waals surface area contributed by atoms with Crippen LogP contribution in [0.5, 0.6) is 0 Å². The van der Waals surface area contributed by atoms with Crippen LogP contribution in [0, 0.1) is 0 Å². The van der Waals surface area contributed by atoms with Crippen LogP contribution in [-0.4, -0.2) is 6.54 Å². The number of allylic oxidation sites excluding steroid dienone is 1. The van der Waals surface area contributed by atoms with Crippen molar-refractivity contribution in [1.82, 2.24) is 5.32 Å². The van der Waals surface area contributed by atoms with Crippen LogP contribution in [0.25, 0.3) is 0 Å². The predicted molar refractivity (Wildman–Crippen MR) is 82.3 cm³/mol. The number of halogens is 2. The number of benzene rings is 1. The minimum atomic E-state index is 0.388. The molecule has 17 heavy (non-hydrogen) atoms. The normalized spacial score (nSPS) is 12.5. The fourth-order valence-electron chi connectivity index (χ4n) is 1.79. The highest BCUT2D eigenvalue weighted by atomic mass is 79.9. The van der Waals surface area contributed by atoms with Gasteiger partial charge >= 0.3 is 0 Å². The van der Waals surface area contributed by atoms with Crippen molar-refractivity contribution in [3.8, 4) is 0 Å². The fourth-order valence-corrected chi connectivity index (χ4v) is 3.11. The van der Waals surface area contributed by atoms with Gasteiger partial charge in [-0.3, -0.25) is 0 Å². The molecule has 0 spiro atoms. The third-order valence-electron chi connectivity index (χ3n) is 2.65. The van der Waals surface area contributed by atoms with E-state index in [1.165, 1.54) is 11.1 Å². The van der Waals surface area contributed by atoms with E-state index in [4.69, 9.17) is 0 Å². The molecule has 0 amide bonds. The lowest BCUT2D eigenvalue weighted by molar-refractivity contribution is 0.513. The van der Waals surface area contributed by atoms with E-state index in [2.05, 4.69) is 75.8 Å². The van der Waals surface area contributed by atoms with Gasteiger partial charge in [0, 0.05) is 15.0 Å². The van der Waals surface area contributed by atoms with E-state index < -0.39 is 0 Å². The lowest BCUT2D eigenvalue weighted by atomic mass is 10.00. The molecule has 1 aromatic carbocycles. The Balaban J connectivity index is 2.84. The molecule has 0 fully saturated rings. The second kappa shape index (κ2) is 7.34. The summed E-state index contributed by atoms with van der Waals surface area (Å²) in [5.74, 6) is 0. The molecule has 0 saturated carbocycles. The summed E-state index contributed by atoms with van der Waals surface area (Å²) < 4.78 is 2.25. The van der Waals surface area contributed by atoms with Crippen molar-refractivity contribution < 1.29 is 0 Å². The van der Waals surface area contributed by atoms with Gasteiger partial charge in [-0.1, -0.05) is 50.4 Å². The molecule has 0 aliphatic rings. The minimum absolute atomic E-state index is 0.388. The largest absolute Gasteiger partial charge is 0.310 e. The summed E-state index contributed by atoms with van der Waals surface area (Å²) >= 11 is 7.11. The zero-order valence-corrected chi connectivity index (χ0v) is 13.6. The molecule has 0 bridgehead atoms. The fraction of sp³-hybridized carbons (Fsp3) is 0.429. The standard InChI is InChI=1S/C14H19Br2N/c1-4-17-14(8-5-10(2)3)12-7-6-11(15)9-13(12)16/h6-7,9,14,17H,2,4-5,8H2,1,3H3. The molecule has 0 aromatic heterocycles. The van der Waals surface area contributed by atoms with E-state index in [9.17, 15) is 0 Å². The lowest BCUT2D eigenvalue weighted by Gasteiger charge is -2.20. The number of nitrogens with one attached hydrogen (secondary N) is 1. The molecule has 0 heterocycles. The summed E-state index contributed by atoms with van der Waals surface area (Å²) in [4.78, 5) is 0. The second-order valence-electron chi connectivity index (χ2n) is 4.27. The topological polar surface area (TPSA) is 12.0 Å². The molecule has 3 heteroatoms. The van der Waals surface area contributed by atoms with E-state index in [1.807, 2.05) is 0 Å². The van der Waals surface area contributed by atoms with Crippen molar-refractivity contribution >= 4 is 31.9 Å². The van der Waals surface area contributed by atoms with Crippen molar-refractivity contribution in [1.29, 1.82) is 0 Å². The third kappa shape index (κ3) is 4.94. The Labute approximate surface area is 121 Å². The molecule has 1 atom stereocenters. The monoisotopic (exact) mass is 359 g/mol. The van der Waals surface area contributed by atoms with Crippen molar-refractivity contribution in [2.75, 3.05) is 6.54 Å². The van der Waals surface area contributed by atoms with E-state index in [0.29, 0.717) is 6.04 Å². The number of hydrogen-bond acceptors (Lipinski definition) is 1. The van der Waals surface area contributed by atoms with Gasteiger partial charge < -0.3 is 5.32 Å². The number of hydrogen-bond donors (Lipinski definition) is 1. The summed E-state index contributed by atoms with van der Waals surface area (Å²) in [6, 6.07) is 6.74. The quantitative estimate of drug-likeness (QED) is 0.686. The zero-order valence-electron chi connectivity index (χ0n) is 10.4. The predicted octanol–water partition coefficient (Wildman–Crippen LogP) is 5.22. The highest BCUT2D eigenvalue weighted by molar-refractivity contribution is 9.11.